The number of allylic oxidation sites excluding steroid dienone is 21. The maximum Gasteiger partial charge on any atom is 0.0882 e. The minimum Gasteiger partial charge on any atom is -1.00 e. The quantitative estimate of drug-likeness (QED) is 0.258. The van der Waals surface area contributed by atoms with Gasteiger partial charge in [0.05, 0.1) is 47.9 Å². The number of halogens is 8. The van der Waals surface area contributed by atoms with Crippen LogP contribution in [0.2, 0.25) is 0 Å². The summed E-state index contributed by atoms with van der Waals surface area (Å²) in [5.74, 6) is 2.85. The first-order chi connectivity index (χ1) is 17.4. The van der Waals surface area contributed by atoms with Crippen LogP contribution in [0.3, 0.4) is 0 Å². The molecule has 0 aromatic rings. The first-order valence-electron chi connectivity index (χ1n) is 10.6. The molecule has 6 aliphatic carbocycles. The second kappa shape index (κ2) is 17.3. The molecule has 0 amide bonds. The molecule has 0 aromatic carbocycles. The monoisotopic (exact) mass is 776 g/mol. The van der Waals surface area contributed by atoms with Crippen molar-refractivity contribution < 1.29 is 24.8 Å². The molecule has 39 heavy (non-hydrogen) atoms. The Labute approximate surface area is 289 Å². The van der Waals surface area contributed by atoms with Gasteiger partial charge in [-0.2, -0.15) is 0 Å². The smallest absolute Gasteiger partial charge is 0.0882 e. The maximum absolute atomic E-state index is 5.90. The molecule has 9 heteroatoms. The standard InChI is InChI=1S/3C10H5Cl2.2ClH.Sb/c3*11-9-6-10(12)8-5-3-1-2-4-7(8)9;;;/h3*1-5H;2*1H;/p-2. The third-order valence-corrected chi connectivity index (χ3v) is 6.98. The van der Waals surface area contributed by atoms with E-state index in [0.717, 1.165) is 34.5 Å². The summed E-state index contributed by atoms with van der Waals surface area (Å²) in [4.78, 5) is 0. The van der Waals surface area contributed by atoms with E-state index in [9.17, 15) is 0 Å². The summed E-state index contributed by atoms with van der Waals surface area (Å²) in [6, 6.07) is 0. The van der Waals surface area contributed by atoms with E-state index in [0.29, 0.717) is 30.2 Å². The molecular weight excluding hydrogens is 766 g/mol. The Morgan fingerprint density at radius 2 is 0.615 bits per heavy atom. The summed E-state index contributed by atoms with van der Waals surface area (Å²) in [6.45, 7) is 0. The molecule has 0 aliphatic heterocycles. The Balaban J connectivity index is 0.000000282. The minimum absolute atomic E-state index is 0. The van der Waals surface area contributed by atoms with Crippen LogP contribution in [-0.2, 0) is 0 Å². The number of fused-ring (bicyclic) bond motifs is 3. The average molecular weight is 781 g/mol. The Hall–Kier alpha value is -0.642. The van der Waals surface area contributed by atoms with Crippen molar-refractivity contribution in [3.63, 3.8) is 0 Å². The summed E-state index contributed by atoms with van der Waals surface area (Å²) in [5.41, 5.74) is 11.4. The first kappa shape index (κ1) is 36.4. The molecule has 0 N–H and O–H groups in total. The van der Waals surface area contributed by atoms with Crippen molar-refractivity contribution in [3.05, 3.63) is 173 Å². The predicted octanol–water partition coefficient (Wildman–Crippen LogP) is 4.04. The van der Waals surface area contributed by atoms with Crippen molar-refractivity contribution in [1.29, 1.82) is 0 Å². The number of hydrogen-bond acceptors (Lipinski definition) is 0. The molecule has 0 aromatic heterocycles. The van der Waals surface area contributed by atoms with Crippen LogP contribution in [0.5, 0.6) is 0 Å². The third kappa shape index (κ3) is 9.17. The van der Waals surface area contributed by atoms with Gasteiger partial charge in [0.15, 0.2) is 0 Å². The van der Waals surface area contributed by atoms with Gasteiger partial charge in [-0.1, -0.05) is 178 Å². The summed E-state index contributed by atoms with van der Waals surface area (Å²) in [5, 5.41) is 3.53. The molecule has 0 saturated heterocycles. The molecule has 0 saturated carbocycles. The Morgan fingerprint density at radius 3 is 0.872 bits per heavy atom. The van der Waals surface area contributed by atoms with Gasteiger partial charge in [0, 0.05) is 24.4 Å². The number of rotatable bonds is 0. The fourth-order valence-corrected chi connectivity index (χ4v) is 5.18. The molecule has 6 rings (SSSR count). The third-order valence-electron chi connectivity index (χ3n) is 5.19. The van der Waals surface area contributed by atoms with Crippen LogP contribution in [0.15, 0.2) is 155 Å². The van der Waals surface area contributed by atoms with E-state index in [4.69, 9.17) is 69.6 Å². The van der Waals surface area contributed by atoms with Gasteiger partial charge in [-0.05, 0) is 16.7 Å². The fourth-order valence-electron chi connectivity index (χ4n) is 3.48. The van der Waals surface area contributed by atoms with Gasteiger partial charge in [0.1, 0.15) is 0 Å². The molecule has 0 spiro atoms. The topological polar surface area (TPSA) is 0 Å². The summed E-state index contributed by atoms with van der Waals surface area (Å²) >= 11 is 35.4. The van der Waals surface area contributed by atoms with E-state index in [-0.39, 0.29) is 49.2 Å². The SMILES string of the molecule is ClC1=C=C(Cl)C2=CC=CC=C[C]12.ClC1=C=C(Cl)C2=CC=CC=C[C]12.ClC1=C=C(Cl)C2=CC=CC=C[C]12.[Cl-].[Cl-].[Sb]. The van der Waals surface area contributed by atoms with E-state index < -0.39 is 0 Å². The van der Waals surface area contributed by atoms with Crippen LogP contribution in [-0.4, -0.2) is 24.4 Å². The van der Waals surface area contributed by atoms with E-state index in [1.54, 1.807) is 0 Å². The van der Waals surface area contributed by atoms with Crippen molar-refractivity contribution in [2.24, 2.45) is 0 Å². The Kier molecular flexibility index (Phi) is 16.2. The van der Waals surface area contributed by atoms with Gasteiger partial charge < -0.3 is 24.8 Å². The number of hydrogen-bond donors (Lipinski definition) is 0. The van der Waals surface area contributed by atoms with Crippen molar-refractivity contribution in [2.45, 2.75) is 0 Å². The van der Waals surface area contributed by atoms with Crippen LogP contribution < -0.4 is 24.8 Å². The van der Waals surface area contributed by atoms with Gasteiger partial charge in [0.2, 0.25) is 0 Å². The fraction of sp³-hybridized carbons (Fsp3) is 0. The average Bonchev–Trinajstić information content (AvgIpc) is 3.20. The molecule has 0 nitrogen and oxygen atoms in total. The second-order valence-electron chi connectivity index (χ2n) is 7.47. The maximum atomic E-state index is 5.90. The molecule has 0 heterocycles. The van der Waals surface area contributed by atoms with Gasteiger partial charge in [0.25, 0.3) is 0 Å². The van der Waals surface area contributed by atoms with E-state index >= 15 is 0 Å². The predicted molar refractivity (Wildman–Crippen MR) is 161 cm³/mol. The van der Waals surface area contributed by atoms with Gasteiger partial charge >= 0.3 is 0 Å². The minimum atomic E-state index is 0. The van der Waals surface area contributed by atoms with Crippen LogP contribution >= 0.6 is 69.6 Å². The molecule has 0 fully saturated rings. The van der Waals surface area contributed by atoms with Crippen molar-refractivity contribution >= 4 is 94.0 Å². The molecule has 198 valence electrons. The second-order valence-corrected chi connectivity index (χ2v) is 9.74. The van der Waals surface area contributed by atoms with Gasteiger partial charge in [-0.15, -0.1) is 0 Å². The molecule has 0 bridgehead atoms. The molecule has 0 atom stereocenters. The summed E-state index contributed by atoms with van der Waals surface area (Å²) in [6.07, 6.45) is 29.0. The van der Waals surface area contributed by atoms with Crippen LogP contribution in [0.25, 0.3) is 0 Å². The largest absolute Gasteiger partial charge is 1.00 e. The van der Waals surface area contributed by atoms with Crippen LogP contribution in [0.4, 0.5) is 0 Å². The Bertz CT molecular complexity index is 1280. The summed E-state index contributed by atoms with van der Waals surface area (Å²) in [7, 11) is 0. The molecule has 0 unspecified atom stereocenters. The Morgan fingerprint density at radius 1 is 0.359 bits per heavy atom. The van der Waals surface area contributed by atoms with Gasteiger partial charge in [-0.3, -0.25) is 0 Å². The molecule has 6 aliphatic rings. The van der Waals surface area contributed by atoms with Crippen LogP contribution in [0.1, 0.15) is 0 Å². The first-order valence-corrected chi connectivity index (χ1v) is 12.9. The zero-order valence-corrected chi connectivity index (χ0v) is 28.2. The van der Waals surface area contributed by atoms with Crippen molar-refractivity contribution in [2.75, 3.05) is 0 Å². The van der Waals surface area contributed by atoms with E-state index in [1.807, 2.05) is 91.1 Å². The van der Waals surface area contributed by atoms with Crippen LogP contribution in [0, 0.1) is 17.8 Å². The van der Waals surface area contributed by atoms with E-state index in [1.165, 1.54) is 0 Å². The zero-order chi connectivity index (χ0) is 25.7. The molecular formula is C30H15Cl8Sb-2. The van der Waals surface area contributed by atoms with Crippen molar-refractivity contribution in [3.8, 4) is 0 Å². The zero-order valence-electron chi connectivity index (χ0n) is 19.6. The summed E-state index contributed by atoms with van der Waals surface area (Å²) < 4.78 is 0. The molecule has 6 radical (unpaired) electrons. The van der Waals surface area contributed by atoms with Crippen molar-refractivity contribution in [1.82, 2.24) is 0 Å². The van der Waals surface area contributed by atoms with Gasteiger partial charge in [-0.25, -0.2) is 0 Å². The normalized spacial score (nSPS) is 19.7. The van der Waals surface area contributed by atoms with E-state index in [2.05, 4.69) is 17.2 Å².